The van der Waals surface area contributed by atoms with Gasteiger partial charge in [0.05, 0.1) is 13.2 Å². The SMILES string of the molecule is COc1ccccc1SCCNC(C)C1CCCO1. The van der Waals surface area contributed by atoms with E-state index in [0.29, 0.717) is 12.1 Å². The summed E-state index contributed by atoms with van der Waals surface area (Å²) in [6.07, 6.45) is 2.79. The van der Waals surface area contributed by atoms with E-state index in [1.807, 2.05) is 30.0 Å². The summed E-state index contributed by atoms with van der Waals surface area (Å²) in [6.45, 7) is 4.13. The summed E-state index contributed by atoms with van der Waals surface area (Å²) < 4.78 is 11.0. The fourth-order valence-electron chi connectivity index (χ4n) is 2.31. The second-order valence-electron chi connectivity index (χ2n) is 4.79. The molecule has 0 aromatic heterocycles. The molecule has 2 atom stereocenters. The molecule has 0 aliphatic carbocycles. The van der Waals surface area contributed by atoms with Crippen LogP contribution in [0.4, 0.5) is 0 Å². The van der Waals surface area contributed by atoms with E-state index in [2.05, 4.69) is 18.3 Å². The Morgan fingerprint density at radius 1 is 1.47 bits per heavy atom. The quantitative estimate of drug-likeness (QED) is 0.615. The summed E-state index contributed by atoms with van der Waals surface area (Å²) in [6, 6.07) is 8.60. The monoisotopic (exact) mass is 281 g/mol. The van der Waals surface area contributed by atoms with Gasteiger partial charge in [-0.3, -0.25) is 0 Å². The molecule has 0 amide bonds. The van der Waals surface area contributed by atoms with E-state index >= 15 is 0 Å². The lowest BCUT2D eigenvalue weighted by atomic mass is 10.1. The number of methoxy groups -OCH3 is 1. The number of ether oxygens (including phenoxy) is 2. The third-order valence-corrected chi connectivity index (χ3v) is 4.47. The normalized spacial score (nSPS) is 20.4. The van der Waals surface area contributed by atoms with Gasteiger partial charge in [0.15, 0.2) is 0 Å². The Hall–Kier alpha value is -0.710. The standard InChI is InChI=1S/C15H23NO2S/c1-12(13-7-5-10-18-13)16-9-11-19-15-8-4-3-6-14(15)17-2/h3-4,6,8,12-13,16H,5,7,9-11H2,1-2H3. The van der Waals surface area contributed by atoms with Gasteiger partial charge in [-0.05, 0) is 31.9 Å². The first kappa shape index (κ1) is 14.7. The molecule has 19 heavy (non-hydrogen) atoms. The van der Waals surface area contributed by atoms with Crippen LogP contribution in [0, 0.1) is 0 Å². The van der Waals surface area contributed by atoms with E-state index < -0.39 is 0 Å². The number of hydrogen-bond donors (Lipinski definition) is 1. The van der Waals surface area contributed by atoms with Crippen LogP contribution >= 0.6 is 11.8 Å². The van der Waals surface area contributed by atoms with E-state index in [0.717, 1.165) is 24.7 Å². The zero-order valence-corrected chi connectivity index (χ0v) is 12.5. The van der Waals surface area contributed by atoms with Crippen molar-refractivity contribution in [1.29, 1.82) is 0 Å². The van der Waals surface area contributed by atoms with E-state index in [-0.39, 0.29) is 0 Å². The van der Waals surface area contributed by atoms with Crippen LogP contribution in [0.5, 0.6) is 5.75 Å². The highest BCUT2D eigenvalue weighted by atomic mass is 32.2. The molecule has 1 heterocycles. The van der Waals surface area contributed by atoms with E-state index in [1.54, 1.807) is 7.11 Å². The summed E-state index contributed by atoms with van der Waals surface area (Å²) in [5, 5.41) is 3.55. The van der Waals surface area contributed by atoms with Gasteiger partial charge in [0, 0.05) is 29.8 Å². The molecule has 0 spiro atoms. The molecular weight excluding hydrogens is 258 g/mol. The van der Waals surface area contributed by atoms with Crippen LogP contribution in [0.15, 0.2) is 29.2 Å². The summed E-state index contributed by atoms with van der Waals surface area (Å²) >= 11 is 1.83. The van der Waals surface area contributed by atoms with Crippen molar-refractivity contribution in [2.24, 2.45) is 0 Å². The zero-order chi connectivity index (χ0) is 13.5. The Kier molecular flexibility index (Phi) is 6.01. The minimum Gasteiger partial charge on any atom is -0.496 e. The highest BCUT2D eigenvalue weighted by Crippen LogP contribution is 2.28. The van der Waals surface area contributed by atoms with Gasteiger partial charge >= 0.3 is 0 Å². The van der Waals surface area contributed by atoms with E-state index in [9.17, 15) is 0 Å². The Morgan fingerprint density at radius 3 is 3.05 bits per heavy atom. The smallest absolute Gasteiger partial charge is 0.132 e. The summed E-state index contributed by atoms with van der Waals surface area (Å²) in [7, 11) is 1.72. The first-order valence-electron chi connectivity index (χ1n) is 6.92. The predicted molar refractivity (Wildman–Crippen MR) is 80.2 cm³/mol. The Balaban J connectivity index is 1.68. The molecule has 1 fully saturated rings. The van der Waals surface area contributed by atoms with Crippen molar-refractivity contribution in [3.63, 3.8) is 0 Å². The van der Waals surface area contributed by atoms with Gasteiger partial charge in [-0.2, -0.15) is 0 Å². The number of thioether (sulfide) groups is 1. The predicted octanol–water partition coefficient (Wildman–Crippen LogP) is 2.94. The highest BCUT2D eigenvalue weighted by Gasteiger charge is 2.21. The molecule has 1 aliphatic rings. The summed E-state index contributed by atoms with van der Waals surface area (Å²) in [4.78, 5) is 1.21. The van der Waals surface area contributed by atoms with Crippen LogP contribution in [0.25, 0.3) is 0 Å². The molecule has 1 aromatic carbocycles. The van der Waals surface area contributed by atoms with Gasteiger partial charge in [0.2, 0.25) is 0 Å². The van der Waals surface area contributed by atoms with Crippen molar-refractivity contribution in [2.75, 3.05) is 26.0 Å². The molecule has 0 radical (unpaired) electrons. The topological polar surface area (TPSA) is 30.5 Å². The molecule has 2 unspecified atom stereocenters. The molecule has 4 heteroatoms. The fraction of sp³-hybridized carbons (Fsp3) is 0.600. The number of para-hydroxylation sites is 1. The van der Waals surface area contributed by atoms with Gasteiger partial charge in [-0.25, -0.2) is 0 Å². The highest BCUT2D eigenvalue weighted by molar-refractivity contribution is 7.99. The fourth-order valence-corrected chi connectivity index (χ4v) is 3.22. The maximum Gasteiger partial charge on any atom is 0.132 e. The van der Waals surface area contributed by atoms with Gasteiger partial charge in [-0.15, -0.1) is 11.8 Å². The third kappa shape index (κ3) is 4.41. The third-order valence-electron chi connectivity index (χ3n) is 3.42. The lowest BCUT2D eigenvalue weighted by Gasteiger charge is -2.19. The first-order valence-corrected chi connectivity index (χ1v) is 7.90. The van der Waals surface area contributed by atoms with Crippen LogP contribution in [0.2, 0.25) is 0 Å². The van der Waals surface area contributed by atoms with E-state index in [4.69, 9.17) is 9.47 Å². The van der Waals surface area contributed by atoms with Crippen LogP contribution < -0.4 is 10.1 Å². The van der Waals surface area contributed by atoms with Crippen LogP contribution in [-0.2, 0) is 4.74 Å². The molecule has 3 nitrogen and oxygen atoms in total. The van der Waals surface area contributed by atoms with Crippen molar-refractivity contribution >= 4 is 11.8 Å². The average Bonchev–Trinajstić information content (AvgIpc) is 2.98. The van der Waals surface area contributed by atoms with Crippen molar-refractivity contribution < 1.29 is 9.47 Å². The number of benzene rings is 1. The number of rotatable bonds is 7. The molecule has 1 aliphatic heterocycles. The lowest BCUT2D eigenvalue weighted by Crippen LogP contribution is -2.38. The lowest BCUT2D eigenvalue weighted by molar-refractivity contribution is 0.0844. The van der Waals surface area contributed by atoms with Gasteiger partial charge < -0.3 is 14.8 Å². The van der Waals surface area contributed by atoms with Crippen molar-refractivity contribution in [1.82, 2.24) is 5.32 Å². The molecule has 0 saturated carbocycles. The van der Waals surface area contributed by atoms with Gasteiger partial charge in [-0.1, -0.05) is 12.1 Å². The van der Waals surface area contributed by atoms with Gasteiger partial charge in [0.25, 0.3) is 0 Å². The molecule has 106 valence electrons. The number of hydrogen-bond acceptors (Lipinski definition) is 4. The molecule has 0 bridgehead atoms. The minimum absolute atomic E-state index is 0.399. The molecule has 2 rings (SSSR count). The maximum absolute atomic E-state index is 5.68. The van der Waals surface area contributed by atoms with Crippen molar-refractivity contribution in [3.05, 3.63) is 24.3 Å². The van der Waals surface area contributed by atoms with E-state index in [1.165, 1.54) is 17.7 Å². The molecule has 1 saturated heterocycles. The zero-order valence-electron chi connectivity index (χ0n) is 11.7. The second kappa shape index (κ2) is 7.78. The first-order chi connectivity index (χ1) is 9.31. The summed E-state index contributed by atoms with van der Waals surface area (Å²) in [5.41, 5.74) is 0. The minimum atomic E-state index is 0.399. The molecular formula is C15H23NO2S. The average molecular weight is 281 g/mol. The second-order valence-corrected chi connectivity index (χ2v) is 5.93. The van der Waals surface area contributed by atoms with Crippen molar-refractivity contribution in [2.45, 2.75) is 36.8 Å². The Labute approximate surface area is 120 Å². The van der Waals surface area contributed by atoms with Crippen LogP contribution in [0.3, 0.4) is 0 Å². The van der Waals surface area contributed by atoms with Gasteiger partial charge in [0.1, 0.15) is 5.75 Å². The Bertz CT molecular complexity index is 380. The maximum atomic E-state index is 5.68. The van der Waals surface area contributed by atoms with Crippen molar-refractivity contribution in [3.8, 4) is 5.75 Å². The molecule has 1 aromatic rings. The van der Waals surface area contributed by atoms with Crippen LogP contribution in [-0.4, -0.2) is 38.2 Å². The van der Waals surface area contributed by atoms with Crippen LogP contribution in [0.1, 0.15) is 19.8 Å². The number of nitrogens with one attached hydrogen (secondary N) is 1. The summed E-state index contributed by atoms with van der Waals surface area (Å²) in [5.74, 6) is 2.00. The molecule has 1 N–H and O–H groups in total. The Morgan fingerprint density at radius 2 is 2.32 bits per heavy atom. The largest absolute Gasteiger partial charge is 0.496 e.